The molecule has 0 spiro atoms. The van der Waals surface area contributed by atoms with Crippen LogP contribution in [0.2, 0.25) is 0 Å². The van der Waals surface area contributed by atoms with Crippen molar-refractivity contribution in [2.45, 2.75) is 23.6 Å². The summed E-state index contributed by atoms with van der Waals surface area (Å²) in [4.78, 5) is 36.6. The molecule has 8 heteroatoms. The number of carbonyl (C=O) groups excluding carboxylic acids is 2. The Hall–Kier alpha value is -2.48. The monoisotopic (exact) mass is 333 g/mol. The number of hydrogen-bond donors (Lipinski definition) is 3. The Morgan fingerprint density at radius 3 is 2.61 bits per heavy atom. The summed E-state index contributed by atoms with van der Waals surface area (Å²) >= 11 is 1.44. The SMILES string of the molecule is CC1C=C(C(=O)O)N2C(=O)C(NC(=O)Nc3ccccc3)[C@@H]2S1. The van der Waals surface area contributed by atoms with Gasteiger partial charge in [-0.2, -0.15) is 0 Å². The number of fused-ring (bicyclic) bond motifs is 1. The van der Waals surface area contributed by atoms with Gasteiger partial charge in [-0.15, -0.1) is 11.8 Å². The lowest BCUT2D eigenvalue weighted by molar-refractivity contribution is -0.148. The van der Waals surface area contributed by atoms with Gasteiger partial charge < -0.3 is 15.7 Å². The van der Waals surface area contributed by atoms with Crippen LogP contribution in [0.5, 0.6) is 0 Å². The maximum atomic E-state index is 12.2. The molecular weight excluding hydrogens is 318 g/mol. The average molecular weight is 333 g/mol. The normalized spacial score (nSPS) is 25.8. The van der Waals surface area contributed by atoms with Gasteiger partial charge in [0, 0.05) is 10.9 Å². The summed E-state index contributed by atoms with van der Waals surface area (Å²) in [6.07, 6.45) is 1.54. The van der Waals surface area contributed by atoms with E-state index in [4.69, 9.17) is 0 Å². The molecule has 3 N–H and O–H groups in total. The first-order valence-electron chi connectivity index (χ1n) is 7.03. The number of benzene rings is 1. The van der Waals surface area contributed by atoms with E-state index in [0.29, 0.717) is 5.69 Å². The fourth-order valence-corrected chi connectivity index (χ4v) is 3.89. The van der Waals surface area contributed by atoms with Crippen molar-refractivity contribution >= 4 is 35.4 Å². The average Bonchev–Trinajstić information content (AvgIpc) is 2.52. The number of aliphatic carboxylic acids is 1. The van der Waals surface area contributed by atoms with Crippen LogP contribution in [-0.2, 0) is 9.59 Å². The van der Waals surface area contributed by atoms with E-state index in [1.54, 1.807) is 30.3 Å². The molecule has 7 nitrogen and oxygen atoms in total. The Balaban J connectivity index is 1.67. The Morgan fingerprint density at radius 1 is 1.26 bits per heavy atom. The number of para-hydroxylation sites is 1. The second-order valence-electron chi connectivity index (χ2n) is 5.24. The number of carboxylic acid groups (broad SMARTS) is 1. The second kappa shape index (κ2) is 5.96. The summed E-state index contributed by atoms with van der Waals surface area (Å²) in [6, 6.07) is 7.65. The maximum Gasteiger partial charge on any atom is 0.352 e. The highest BCUT2D eigenvalue weighted by molar-refractivity contribution is 8.00. The molecule has 1 saturated heterocycles. The summed E-state index contributed by atoms with van der Waals surface area (Å²) in [5.74, 6) is -1.55. The topological polar surface area (TPSA) is 98.7 Å². The minimum atomic E-state index is -1.14. The van der Waals surface area contributed by atoms with Gasteiger partial charge in [-0.1, -0.05) is 18.2 Å². The van der Waals surface area contributed by atoms with Gasteiger partial charge in [0.15, 0.2) is 0 Å². The molecule has 3 rings (SSSR count). The Kier molecular flexibility index (Phi) is 3.99. The molecule has 2 aliphatic rings. The van der Waals surface area contributed by atoms with E-state index in [1.165, 1.54) is 16.7 Å². The van der Waals surface area contributed by atoms with Crippen LogP contribution in [0.3, 0.4) is 0 Å². The predicted molar refractivity (Wildman–Crippen MR) is 85.8 cm³/mol. The third-order valence-electron chi connectivity index (χ3n) is 3.59. The molecule has 3 atom stereocenters. The van der Waals surface area contributed by atoms with Gasteiger partial charge in [0.2, 0.25) is 0 Å². The van der Waals surface area contributed by atoms with Crippen molar-refractivity contribution in [2.24, 2.45) is 0 Å². The van der Waals surface area contributed by atoms with E-state index < -0.39 is 29.3 Å². The number of carboxylic acids is 1. The molecule has 2 aliphatic heterocycles. The van der Waals surface area contributed by atoms with Crippen molar-refractivity contribution in [1.29, 1.82) is 0 Å². The van der Waals surface area contributed by atoms with Crippen molar-refractivity contribution in [2.75, 3.05) is 5.32 Å². The Labute approximate surface area is 136 Å². The zero-order valence-corrected chi connectivity index (χ0v) is 13.0. The van der Waals surface area contributed by atoms with E-state index >= 15 is 0 Å². The van der Waals surface area contributed by atoms with Gasteiger partial charge in [0.1, 0.15) is 17.1 Å². The van der Waals surface area contributed by atoms with E-state index in [0.717, 1.165) is 0 Å². The molecule has 0 bridgehead atoms. The third-order valence-corrected chi connectivity index (χ3v) is 4.91. The Bertz CT molecular complexity index is 691. The largest absolute Gasteiger partial charge is 0.477 e. The van der Waals surface area contributed by atoms with Crippen molar-refractivity contribution < 1.29 is 19.5 Å². The lowest BCUT2D eigenvalue weighted by Crippen LogP contribution is -2.70. The number of nitrogens with one attached hydrogen (secondary N) is 2. The number of anilines is 1. The number of thioether (sulfide) groups is 1. The smallest absolute Gasteiger partial charge is 0.352 e. The van der Waals surface area contributed by atoms with Crippen LogP contribution < -0.4 is 10.6 Å². The standard InChI is InChI=1S/C15H15N3O4S/c1-8-7-10(14(20)21)18-12(19)11(13(18)23-8)17-15(22)16-9-5-3-2-4-6-9/h2-8,11,13H,1H3,(H,20,21)(H2,16,17,22)/t8?,11?,13-/m0/s1. The number of rotatable bonds is 3. The van der Waals surface area contributed by atoms with Crippen LogP contribution in [0.1, 0.15) is 6.92 Å². The summed E-state index contributed by atoms with van der Waals surface area (Å²) < 4.78 is 0. The van der Waals surface area contributed by atoms with Gasteiger partial charge in [-0.3, -0.25) is 9.69 Å². The summed E-state index contributed by atoms with van der Waals surface area (Å²) in [5.41, 5.74) is 0.595. The molecule has 23 heavy (non-hydrogen) atoms. The number of urea groups is 1. The molecule has 1 aromatic rings. The molecule has 3 amide bonds. The fourth-order valence-electron chi connectivity index (χ4n) is 2.56. The number of carbonyl (C=O) groups is 3. The van der Waals surface area contributed by atoms with Crippen LogP contribution >= 0.6 is 11.8 Å². The van der Waals surface area contributed by atoms with Crippen LogP contribution in [0, 0.1) is 0 Å². The van der Waals surface area contributed by atoms with Crippen molar-refractivity contribution in [3.8, 4) is 0 Å². The van der Waals surface area contributed by atoms with E-state index in [-0.39, 0.29) is 10.9 Å². The van der Waals surface area contributed by atoms with Crippen LogP contribution in [0.15, 0.2) is 42.1 Å². The van der Waals surface area contributed by atoms with Crippen LogP contribution in [0.4, 0.5) is 10.5 Å². The summed E-state index contributed by atoms with van der Waals surface area (Å²) in [5, 5.41) is 14.0. The van der Waals surface area contributed by atoms with Crippen molar-refractivity contribution in [3.63, 3.8) is 0 Å². The Morgan fingerprint density at radius 2 is 1.96 bits per heavy atom. The lowest BCUT2D eigenvalue weighted by atomic mass is 10.0. The maximum absolute atomic E-state index is 12.2. The molecule has 2 unspecified atom stereocenters. The molecule has 0 aromatic heterocycles. The lowest BCUT2D eigenvalue weighted by Gasteiger charge is -2.49. The molecule has 120 valence electrons. The van der Waals surface area contributed by atoms with E-state index in [2.05, 4.69) is 10.6 Å². The number of hydrogen-bond acceptors (Lipinski definition) is 4. The minimum Gasteiger partial charge on any atom is -0.477 e. The molecule has 1 fully saturated rings. The zero-order chi connectivity index (χ0) is 16.6. The molecule has 0 radical (unpaired) electrons. The molecular formula is C15H15N3O4S. The van der Waals surface area contributed by atoms with E-state index in [1.807, 2.05) is 13.0 Å². The summed E-state index contributed by atoms with van der Waals surface area (Å²) in [6.45, 7) is 1.86. The number of β-lactam (4-membered cyclic amide) rings is 1. The van der Waals surface area contributed by atoms with Crippen molar-refractivity contribution in [3.05, 3.63) is 42.1 Å². The van der Waals surface area contributed by atoms with Crippen LogP contribution in [-0.4, -0.2) is 44.6 Å². The molecule has 0 saturated carbocycles. The van der Waals surface area contributed by atoms with Gasteiger partial charge in [-0.25, -0.2) is 9.59 Å². The highest BCUT2D eigenvalue weighted by atomic mass is 32.2. The molecule has 2 heterocycles. The first-order valence-corrected chi connectivity index (χ1v) is 7.98. The first kappa shape index (κ1) is 15.4. The predicted octanol–water partition coefficient (Wildman–Crippen LogP) is 1.45. The molecule has 1 aromatic carbocycles. The first-order chi connectivity index (χ1) is 11.0. The van der Waals surface area contributed by atoms with E-state index in [9.17, 15) is 19.5 Å². The molecule has 0 aliphatic carbocycles. The number of nitrogens with zero attached hydrogens (tertiary/aromatic N) is 1. The highest BCUT2D eigenvalue weighted by Gasteiger charge is 2.53. The zero-order valence-electron chi connectivity index (χ0n) is 12.2. The van der Waals surface area contributed by atoms with Gasteiger partial charge in [-0.05, 0) is 25.1 Å². The van der Waals surface area contributed by atoms with Crippen molar-refractivity contribution in [1.82, 2.24) is 10.2 Å². The second-order valence-corrected chi connectivity index (χ2v) is 6.74. The third kappa shape index (κ3) is 2.89. The summed E-state index contributed by atoms with van der Waals surface area (Å²) in [7, 11) is 0. The number of amides is 3. The fraction of sp³-hybridized carbons (Fsp3) is 0.267. The van der Waals surface area contributed by atoms with Crippen LogP contribution in [0.25, 0.3) is 0 Å². The van der Waals surface area contributed by atoms with Gasteiger partial charge >= 0.3 is 12.0 Å². The van der Waals surface area contributed by atoms with Gasteiger partial charge in [0.25, 0.3) is 5.91 Å². The minimum absolute atomic E-state index is 0.0206. The van der Waals surface area contributed by atoms with Gasteiger partial charge in [0.05, 0.1) is 0 Å². The highest BCUT2D eigenvalue weighted by Crippen LogP contribution is 2.40. The quantitative estimate of drug-likeness (QED) is 0.727.